The van der Waals surface area contributed by atoms with Crippen molar-refractivity contribution in [2.24, 2.45) is 0 Å². The lowest BCUT2D eigenvalue weighted by atomic mass is 10.1. The van der Waals surface area contributed by atoms with Gasteiger partial charge in [-0.2, -0.15) is 8.78 Å². The van der Waals surface area contributed by atoms with E-state index >= 15 is 0 Å². The molecule has 1 unspecified atom stereocenters. The second-order valence-corrected chi connectivity index (χ2v) is 9.22. The zero-order valence-corrected chi connectivity index (χ0v) is 16.1. The van der Waals surface area contributed by atoms with E-state index in [1.165, 1.54) is 6.07 Å². The molecule has 152 valence electrons. The van der Waals surface area contributed by atoms with Crippen molar-refractivity contribution in [1.82, 2.24) is 4.90 Å². The Bertz CT molecular complexity index is 811. The van der Waals surface area contributed by atoms with E-state index < -0.39 is 36.7 Å². The number of β-amino-alcohol motifs (C(OH)–C–C–N with tert-alkyl or cyclic N) is 1. The van der Waals surface area contributed by atoms with E-state index in [9.17, 15) is 32.4 Å². The number of alkyl halides is 2. The number of sulfone groups is 1. The van der Waals surface area contributed by atoms with Crippen LogP contribution >= 0.6 is 0 Å². The second kappa shape index (κ2) is 7.64. The van der Waals surface area contributed by atoms with Crippen molar-refractivity contribution in [2.45, 2.75) is 43.1 Å². The van der Waals surface area contributed by atoms with Crippen molar-refractivity contribution >= 4 is 21.2 Å². The Kier molecular flexibility index (Phi) is 6.07. The number of halogens is 2. The van der Waals surface area contributed by atoms with Crippen LogP contribution in [0, 0.1) is 10.1 Å². The molecule has 1 saturated heterocycles. The number of benzene rings is 1. The number of anilines is 1. The lowest BCUT2D eigenvalue weighted by molar-refractivity contribution is -0.384. The standard InChI is InChI=1S/C16H23F2N3O5S/c1-11-9-19(10-16(2,3)22)6-7-20(11)13-5-4-12(8-14(13)21(23)24)27(25,26)15(17)18/h4-5,8,11,15,22H,6-7,9-10H2,1-3H3. The molecule has 2 rings (SSSR count). The number of nitro benzene ring substituents is 1. The fourth-order valence-corrected chi connectivity index (χ4v) is 3.99. The van der Waals surface area contributed by atoms with Gasteiger partial charge in [-0.25, -0.2) is 8.42 Å². The third-order valence-corrected chi connectivity index (χ3v) is 5.72. The summed E-state index contributed by atoms with van der Waals surface area (Å²) in [6.45, 7) is 7.18. The van der Waals surface area contributed by atoms with Crippen molar-refractivity contribution in [2.75, 3.05) is 31.1 Å². The van der Waals surface area contributed by atoms with Gasteiger partial charge in [0.2, 0.25) is 9.84 Å². The van der Waals surface area contributed by atoms with Crippen molar-refractivity contribution in [3.8, 4) is 0 Å². The minimum atomic E-state index is -4.92. The molecule has 27 heavy (non-hydrogen) atoms. The Hall–Kier alpha value is -1.85. The Morgan fingerprint density at radius 2 is 2.00 bits per heavy atom. The van der Waals surface area contributed by atoms with Gasteiger partial charge in [0.15, 0.2) is 0 Å². The smallest absolute Gasteiger partial charge is 0.341 e. The van der Waals surface area contributed by atoms with Crippen LogP contribution in [0.3, 0.4) is 0 Å². The van der Waals surface area contributed by atoms with Crippen LogP contribution in [0.5, 0.6) is 0 Å². The molecule has 8 nitrogen and oxygen atoms in total. The number of nitro groups is 1. The summed E-state index contributed by atoms with van der Waals surface area (Å²) in [6.07, 6.45) is 0. The second-order valence-electron chi connectivity index (χ2n) is 7.30. The summed E-state index contributed by atoms with van der Waals surface area (Å²) in [6, 6.07) is 2.71. The van der Waals surface area contributed by atoms with Crippen molar-refractivity contribution in [1.29, 1.82) is 0 Å². The van der Waals surface area contributed by atoms with Crippen LogP contribution < -0.4 is 4.90 Å². The molecule has 1 atom stereocenters. The zero-order valence-electron chi connectivity index (χ0n) is 15.3. The van der Waals surface area contributed by atoms with E-state index in [1.54, 1.807) is 18.7 Å². The van der Waals surface area contributed by atoms with Crippen LogP contribution in [0.2, 0.25) is 0 Å². The van der Waals surface area contributed by atoms with Crippen LogP contribution in [0.1, 0.15) is 20.8 Å². The number of hydrogen-bond donors (Lipinski definition) is 1. The van der Waals surface area contributed by atoms with Crippen LogP contribution in [-0.2, 0) is 9.84 Å². The predicted octanol–water partition coefficient (Wildman–Crippen LogP) is 1.87. The van der Waals surface area contributed by atoms with E-state index in [1.807, 2.05) is 11.8 Å². The minimum Gasteiger partial charge on any atom is -0.389 e. The summed E-state index contributed by atoms with van der Waals surface area (Å²) in [5.41, 5.74) is -1.22. The molecule has 0 aliphatic carbocycles. The highest BCUT2D eigenvalue weighted by atomic mass is 32.2. The predicted molar refractivity (Wildman–Crippen MR) is 95.8 cm³/mol. The van der Waals surface area contributed by atoms with Crippen molar-refractivity contribution in [3.63, 3.8) is 0 Å². The summed E-state index contributed by atoms with van der Waals surface area (Å²) in [5, 5.41) is 21.4. The molecule has 0 aromatic heterocycles. The lowest BCUT2D eigenvalue weighted by Gasteiger charge is -2.42. The van der Waals surface area contributed by atoms with Gasteiger partial charge < -0.3 is 10.0 Å². The number of piperazine rings is 1. The molecule has 0 bridgehead atoms. The van der Waals surface area contributed by atoms with Gasteiger partial charge in [0.25, 0.3) is 5.69 Å². The number of nitrogens with zero attached hydrogens (tertiary/aromatic N) is 3. The molecule has 1 fully saturated rings. The zero-order chi connectivity index (χ0) is 20.6. The van der Waals surface area contributed by atoms with Crippen LogP contribution in [0.4, 0.5) is 20.2 Å². The van der Waals surface area contributed by atoms with Gasteiger partial charge in [-0.05, 0) is 32.9 Å². The van der Waals surface area contributed by atoms with Gasteiger partial charge in [-0.3, -0.25) is 15.0 Å². The molecule has 0 spiro atoms. The maximum absolute atomic E-state index is 12.7. The molecule has 1 aliphatic rings. The fraction of sp³-hybridized carbons (Fsp3) is 0.625. The number of hydrogen-bond acceptors (Lipinski definition) is 7. The SMILES string of the molecule is CC1CN(CC(C)(C)O)CCN1c1ccc(S(=O)(=O)C(F)F)cc1[N+](=O)[O-]. The summed E-state index contributed by atoms with van der Waals surface area (Å²) in [4.78, 5) is 13.7. The summed E-state index contributed by atoms with van der Waals surface area (Å²) >= 11 is 0. The van der Waals surface area contributed by atoms with Crippen LogP contribution in [0.15, 0.2) is 23.1 Å². The molecule has 0 radical (unpaired) electrons. The molecule has 0 amide bonds. The first-order valence-electron chi connectivity index (χ1n) is 8.35. The molecular formula is C16H23F2N3O5S. The van der Waals surface area contributed by atoms with E-state index in [0.717, 1.165) is 6.07 Å². The van der Waals surface area contributed by atoms with Crippen molar-refractivity contribution in [3.05, 3.63) is 28.3 Å². The van der Waals surface area contributed by atoms with Gasteiger partial charge in [0.1, 0.15) is 5.69 Å². The monoisotopic (exact) mass is 407 g/mol. The highest BCUT2D eigenvalue weighted by molar-refractivity contribution is 7.91. The van der Waals surface area contributed by atoms with Gasteiger partial charge >= 0.3 is 5.76 Å². The molecular weight excluding hydrogens is 384 g/mol. The van der Waals surface area contributed by atoms with Gasteiger partial charge in [-0.1, -0.05) is 0 Å². The van der Waals surface area contributed by atoms with Gasteiger partial charge in [0, 0.05) is 38.3 Å². The van der Waals surface area contributed by atoms with Gasteiger partial charge in [0.05, 0.1) is 15.4 Å². The Morgan fingerprint density at radius 3 is 2.48 bits per heavy atom. The third kappa shape index (κ3) is 4.90. The van der Waals surface area contributed by atoms with E-state index in [0.29, 0.717) is 32.2 Å². The Balaban J connectivity index is 2.32. The normalized spacial score (nSPS) is 19.5. The average Bonchev–Trinajstić information content (AvgIpc) is 2.52. The van der Waals surface area contributed by atoms with Crippen molar-refractivity contribution < 1.29 is 27.2 Å². The third-order valence-electron chi connectivity index (χ3n) is 4.34. The topological polar surface area (TPSA) is 104 Å². The first-order chi connectivity index (χ1) is 12.3. The highest BCUT2D eigenvalue weighted by Gasteiger charge is 2.33. The minimum absolute atomic E-state index is 0.155. The highest BCUT2D eigenvalue weighted by Crippen LogP contribution is 2.34. The number of rotatable bonds is 6. The molecule has 1 aromatic rings. The van der Waals surface area contributed by atoms with E-state index in [-0.39, 0.29) is 11.7 Å². The molecule has 11 heteroatoms. The molecule has 1 N–H and O–H groups in total. The van der Waals surface area contributed by atoms with Gasteiger partial charge in [-0.15, -0.1) is 0 Å². The Labute approximate surface area is 156 Å². The van der Waals surface area contributed by atoms with E-state index in [2.05, 4.69) is 0 Å². The lowest BCUT2D eigenvalue weighted by Crippen LogP contribution is -2.55. The largest absolute Gasteiger partial charge is 0.389 e. The average molecular weight is 407 g/mol. The summed E-state index contributed by atoms with van der Waals surface area (Å²) in [5.74, 6) is -3.65. The maximum Gasteiger partial charge on any atom is 0.341 e. The molecule has 1 heterocycles. The fourth-order valence-electron chi connectivity index (χ4n) is 3.25. The summed E-state index contributed by atoms with van der Waals surface area (Å²) < 4.78 is 48.7. The van der Waals surface area contributed by atoms with Crippen LogP contribution in [0.25, 0.3) is 0 Å². The van der Waals surface area contributed by atoms with E-state index in [4.69, 9.17) is 0 Å². The first-order valence-corrected chi connectivity index (χ1v) is 9.89. The Morgan fingerprint density at radius 1 is 1.37 bits per heavy atom. The summed E-state index contributed by atoms with van der Waals surface area (Å²) in [7, 11) is -4.92. The molecule has 1 aromatic carbocycles. The number of aliphatic hydroxyl groups is 1. The molecule has 1 aliphatic heterocycles. The van der Waals surface area contributed by atoms with Crippen LogP contribution in [-0.4, -0.2) is 66.9 Å². The first kappa shape index (κ1) is 21.5. The quantitative estimate of drug-likeness (QED) is 0.567. The molecule has 0 saturated carbocycles. The maximum atomic E-state index is 12.7.